The van der Waals surface area contributed by atoms with Crippen LogP contribution >= 0.6 is 0 Å². The molecule has 0 unspecified atom stereocenters. The van der Waals surface area contributed by atoms with E-state index in [2.05, 4.69) is 0 Å². The first-order valence-electron chi connectivity index (χ1n) is 4.75. The smallest absolute Gasteiger partial charge is 0.115 e. The molecule has 2 fully saturated rings. The van der Waals surface area contributed by atoms with Gasteiger partial charge in [-0.3, -0.25) is 0 Å². The first kappa shape index (κ1) is 9.40. The maximum absolute atomic E-state index is 9.45. The Morgan fingerprint density at radius 1 is 1.23 bits per heavy atom. The molecule has 0 radical (unpaired) electrons. The molecular weight excluding hydrogens is 172 g/mol. The Hall–Kier alpha value is -0.160. The standard InChI is InChI=1S/C9H16O4/c1-5(2)13-7-4-12-8-6(10)3-11-9(7)8/h5-10H,3-4H2,1-2H3/t6-,7-,8-,9-/m1/s1. The summed E-state index contributed by atoms with van der Waals surface area (Å²) >= 11 is 0. The number of aliphatic hydroxyl groups excluding tert-OH is 1. The van der Waals surface area contributed by atoms with Crippen molar-refractivity contribution in [3.05, 3.63) is 0 Å². The van der Waals surface area contributed by atoms with Gasteiger partial charge in [-0.05, 0) is 13.8 Å². The van der Waals surface area contributed by atoms with E-state index in [1.807, 2.05) is 13.8 Å². The molecule has 0 aromatic rings. The van der Waals surface area contributed by atoms with E-state index in [0.717, 1.165) is 0 Å². The Bertz CT molecular complexity index is 182. The maximum atomic E-state index is 9.45. The summed E-state index contributed by atoms with van der Waals surface area (Å²) in [4.78, 5) is 0. The van der Waals surface area contributed by atoms with E-state index >= 15 is 0 Å². The second kappa shape index (κ2) is 3.53. The van der Waals surface area contributed by atoms with Gasteiger partial charge >= 0.3 is 0 Å². The van der Waals surface area contributed by atoms with Crippen molar-refractivity contribution in [1.29, 1.82) is 0 Å². The van der Waals surface area contributed by atoms with Crippen LogP contribution in [0.25, 0.3) is 0 Å². The van der Waals surface area contributed by atoms with Crippen molar-refractivity contribution in [3.8, 4) is 0 Å². The minimum Gasteiger partial charge on any atom is -0.388 e. The Kier molecular flexibility index (Phi) is 2.55. The lowest BCUT2D eigenvalue weighted by Crippen LogP contribution is -2.34. The minimum atomic E-state index is -0.481. The lowest BCUT2D eigenvalue weighted by molar-refractivity contribution is -0.0607. The molecule has 4 heteroatoms. The molecule has 2 aliphatic heterocycles. The van der Waals surface area contributed by atoms with E-state index in [1.54, 1.807) is 0 Å². The van der Waals surface area contributed by atoms with Crippen LogP contribution in [0.15, 0.2) is 0 Å². The molecule has 2 saturated heterocycles. The van der Waals surface area contributed by atoms with Gasteiger partial charge in [0.05, 0.1) is 19.3 Å². The fourth-order valence-electron chi connectivity index (χ4n) is 1.91. The van der Waals surface area contributed by atoms with Gasteiger partial charge in [0.15, 0.2) is 0 Å². The van der Waals surface area contributed by atoms with Crippen molar-refractivity contribution in [2.24, 2.45) is 0 Å². The van der Waals surface area contributed by atoms with Gasteiger partial charge in [0.25, 0.3) is 0 Å². The first-order chi connectivity index (χ1) is 6.18. The first-order valence-corrected chi connectivity index (χ1v) is 4.75. The predicted molar refractivity (Wildman–Crippen MR) is 45.5 cm³/mol. The van der Waals surface area contributed by atoms with Gasteiger partial charge in [0, 0.05) is 0 Å². The normalized spacial score (nSPS) is 44.3. The number of fused-ring (bicyclic) bond motifs is 1. The molecule has 0 aliphatic carbocycles. The molecule has 1 N–H and O–H groups in total. The number of rotatable bonds is 2. The highest BCUT2D eigenvalue weighted by Gasteiger charge is 2.47. The Balaban J connectivity index is 1.94. The summed E-state index contributed by atoms with van der Waals surface area (Å²) in [5.74, 6) is 0. The fraction of sp³-hybridized carbons (Fsp3) is 1.00. The summed E-state index contributed by atoms with van der Waals surface area (Å²) in [6.07, 6.45) is -0.567. The molecule has 2 heterocycles. The lowest BCUT2D eigenvalue weighted by Gasteiger charge is -2.18. The van der Waals surface area contributed by atoms with E-state index < -0.39 is 6.10 Å². The fourth-order valence-corrected chi connectivity index (χ4v) is 1.91. The van der Waals surface area contributed by atoms with Crippen LogP contribution in [-0.2, 0) is 14.2 Å². The molecular formula is C9H16O4. The van der Waals surface area contributed by atoms with Gasteiger partial charge in [-0.25, -0.2) is 0 Å². The van der Waals surface area contributed by atoms with Crippen LogP contribution in [0, 0.1) is 0 Å². The molecule has 0 saturated carbocycles. The molecule has 2 aliphatic rings. The Labute approximate surface area is 77.8 Å². The molecule has 0 aromatic carbocycles. The molecule has 0 amide bonds. The maximum Gasteiger partial charge on any atom is 0.115 e. The topological polar surface area (TPSA) is 47.9 Å². The highest BCUT2D eigenvalue weighted by atomic mass is 16.6. The molecule has 4 nitrogen and oxygen atoms in total. The summed E-state index contributed by atoms with van der Waals surface area (Å²) in [5, 5.41) is 9.45. The van der Waals surface area contributed by atoms with Gasteiger partial charge in [0.2, 0.25) is 0 Å². The number of aliphatic hydroxyl groups is 1. The highest BCUT2D eigenvalue weighted by molar-refractivity contribution is 4.95. The Morgan fingerprint density at radius 2 is 1.92 bits per heavy atom. The monoisotopic (exact) mass is 188 g/mol. The second-order valence-electron chi connectivity index (χ2n) is 3.89. The predicted octanol–water partition coefficient (Wildman–Crippen LogP) is -0.0615. The minimum absolute atomic E-state index is 0.0119. The largest absolute Gasteiger partial charge is 0.388 e. The zero-order valence-electron chi connectivity index (χ0n) is 7.97. The summed E-state index contributed by atoms with van der Waals surface area (Å²) < 4.78 is 16.4. The summed E-state index contributed by atoms with van der Waals surface area (Å²) in [5.41, 5.74) is 0. The molecule has 2 rings (SSSR count). The van der Waals surface area contributed by atoms with Crippen LogP contribution in [0.2, 0.25) is 0 Å². The number of ether oxygens (including phenoxy) is 3. The molecule has 0 bridgehead atoms. The number of hydrogen-bond acceptors (Lipinski definition) is 4. The average molecular weight is 188 g/mol. The van der Waals surface area contributed by atoms with Gasteiger partial charge in [0.1, 0.15) is 24.4 Å². The van der Waals surface area contributed by atoms with E-state index in [9.17, 15) is 5.11 Å². The third-order valence-corrected chi connectivity index (χ3v) is 2.43. The lowest BCUT2D eigenvalue weighted by atomic mass is 10.1. The second-order valence-corrected chi connectivity index (χ2v) is 3.89. The zero-order chi connectivity index (χ0) is 9.42. The van der Waals surface area contributed by atoms with Gasteiger partial charge < -0.3 is 19.3 Å². The van der Waals surface area contributed by atoms with Crippen LogP contribution in [0.3, 0.4) is 0 Å². The van der Waals surface area contributed by atoms with Gasteiger partial charge in [-0.1, -0.05) is 0 Å². The average Bonchev–Trinajstić information content (AvgIpc) is 2.56. The van der Waals surface area contributed by atoms with Crippen molar-refractivity contribution in [1.82, 2.24) is 0 Å². The third-order valence-electron chi connectivity index (χ3n) is 2.43. The SMILES string of the molecule is CC(C)O[C@@H]1CO[C@H]2[C@@H]1OC[C@H]2O. The van der Waals surface area contributed by atoms with Crippen molar-refractivity contribution in [2.45, 2.75) is 44.4 Å². The van der Waals surface area contributed by atoms with Gasteiger partial charge in [-0.2, -0.15) is 0 Å². The van der Waals surface area contributed by atoms with Crippen LogP contribution in [0.1, 0.15) is 13.8 Å². The molecule has 76 valence electrons. The molecule has 0 spiro atoms. The quantitative estimate of drug-likeness (QED) is 0.659. The van der Waals surface area contributed by atoms with Gasteiger partial charge in [-0.15, -0.1) is 0 Å². The summed E-state index contributed by atoms with van der Waals surface area (Å²) in [7, 11) is 0. The summed E-state index contributed by atoms with van der Waals surface area (Å²) in [6.45, 7) is 4.87. The van der Waals surface area contributed by atoms with E-state index in [-0.39, 0.29) is 24.4 Å². The van der Waals surface area contributed by atoms with Crippen molar-refractivity contribution in [3.63, 3.8) is 0 Å². The van der Waals surface area contributed by atoms with Crippen LogP contribution in [-0.4, -0.2) is 48.8 Å². The van der Waals surface area contributed by atoms with Crippen LogP contribution in [0.4, 0.5) is 0 Å². The van der Waals surface area contributed by atoms with Crippen LogP contribution < -0.4 is 0 Å². The molecule has 13 heavy (non-hydrogen) atoms. The molecule has 0 aromatic heterocycles. The molecule has 4 atom stereocenters. The third kappa shape index (κ3) is 1.72. The zero-order valence-corrected chi connectivity index (χ0v) is 7.97. The highest BCUT2D eigenvalue weighted by Crippen LogP contribution is 2.29. The van der Waals surface area contributed by atoms with Crippen LogP contribution in [0.5, 0.6) is 0 Å². The van der Waals surface area contributed by atoms with Crippen molar-refractivity contribution < 1.29 is 19.3 Å². The summed E-state index contributed by atoms with van der Waals surface area (Å²) in [6, 6.07) is 0. The van der Waals surface area contributed by atoms with E-state index in [1.165, 1.54) is 0 Å². The van der Waals surface area contributed by atoms with Crippen molar-refractivity contribution in [2.75, 3.05) is 13.2 Å². The van der Waals surface area contributed by atoms with E-state index in [4.69, 9.17) is 14.2 Å². The number of hydrogen-bond donors (Lipinski definition) is 1. The van der Waals surface area contributed by atoms with Crippen molar-refractivity contribution >= 4 is 0 Å². The van der Waals surface area contributed by atoms with E-state index in [0.29, 0.717) is 13.2 Å². The Morgan fingerprint density at radius 3 is 2.62 bits per heavy atom.